The van der Waals surface area contributed by atoms with Crippen LogP contribution in [0.4, 0.5) is 22.6 Å². The Kier molecular flexibility index (Phi) is 10.5. The Morgan fingerprint density at radius 2 is 1.78 bits per heavy atom. The van der Waals surface area contributed by atoms with Crippen LogP contribution in [-0.4, -0.2) is 95.8 Å². The highest BCUT2D eigenvalue weighted by Gasteiger charge is 2.66. The molecule has 0 saturated heterocycles. The zero-order valence-corrected chi connectivity index (χ0v) is 36.2. The van der Waals surface area contributed by atoms with Crippen LogP contribution in [0.25, 0.3) is 21.3 Å². The minimum atomic E-state index is -1.09. The summed E-state index contributed by atoms with van der Waals surface area (Å²) in [7, 11) is 0. The second-order valence-corrected chi connectivity index (χ2v) is 20.1. The van der Waals surface area contributed by atoms with Gasteiger partial charge in [0.1, 0.15) is 5.82 Å². The van der Waals surface area contributed by atoms with E-state index in [-0.39, 0.29) is 34.1 Å². The van der Waals surface area contributed by atoms with Gasteiger partial charge in [0.25, 0.3) is 0 Å². The number of thiazole rings is 1. The van der Waals surface area contributed by atoms with Crippen molar-refractivity contribution in [2.24, 2.45) is 16.2 Å². The fourth-order valence-corrected chi connectivity index (χ4v) is 13.1. The Morgan fingerprint density at radius 3 is 2.55 bits per heavy atom. The molecule has 5 aliphatic rings. The highest BCUT2D eigenvalue weighted by atomic mass is 32.1. The Hall–Kier alpha value is -4.54. The average molecular weight is 836 g/mol. The van der Waals surface area contributed by atoms with Crippen LogP contribution in [0.2, 0.25) is 0 Å². The molecular weight excluding hydrogens is 779 g/mol. The number of nitrogens with one attached hydrogen (secondary N) is 2. The number of carboxylic acid groups (broad SMARTS) is 1. The number of aliphatic hydroxyl groups excluding tert-OH is 2. The van der Waals surface area contributed by atoms with Gasteiger partial charge in [-0.3, -0.25) is 4.68 Å². The lowest BCUT2D eigenvalue weighted by atomic mass is 9.39. The van der Waals surface area contributed by atoms with Gasteiger partial charge in [0.15, 0.2) is 22.5 Å². The van der Waals surface area contributed by atoms with Crippen molar-refractivity contribution in [2.75, 3.05) is 43.1 Å². The zero-order valence-electron chi connectivity index (χ0n) is 35.3. The van der Waals surface area contributed by atoms with E-state index in [4.69, 9.17) is 24.9 Å². The molecule has 4 fully saturated rings. The van der Waals surface area contributed by atoms with Crippen LogP contribution in [0, 0.1) is 37.0 Å². The monoisotopic (exact) mass is 835 g/mol. The van der Waals surface area contributed by atoms with Crippen molar-refractivity contribution in [3.05, 3.63) is 64.6 Å². The maximum atomic E-state index is 13.0. The van der Waals surface area contributed by atoms with Crippen molar-refractivity contribution >= 4 is 50.1 Å². The van der Waals surface area contributed by atoms with Gasteiger partial charge in [0.2, 0.25) is 0 Å². The molecule has 14 nitrogen and oxygen atoms in total. The summed E-state index contributed by atoms with van der Waals surface area (Å²) in [6, 6.07) is 10.0. The third kappa shape index (κ3) is 7.67. The summed E-state index contributed by atoms with van der Waals surface area (Å²) >= 11 is 1.58. The molecular formula is C45H57N9O5S. The number of hydrogen-bond acceptors (Lipinski definition) is 13. The van der Waals surface area contributed by atoms with E-state index >= 15 is 0 Å². The molecule has 5 N–H and O–H groups in total. The number of pyridine rings is 1. The van der Waals surface area contributed by atoms with Crippen LogP contribution in [0.15, 0.2) is 36.5 Å². The van der Waals surface area contributed by atoms with Crippen LogP contribution in [-0.2, 0) is 17.7 Å². The van der Waals surface area contributed by atoms with Crippen LogP contribution >= 0.6 is 11.3 Å². The minimum Gasteiger partial charge on any atom is -0.476 e. The number of carbonyl (C=O) groups is 1. The summed E-state index contributed by atoms with van der Waals surface area (Å²) in [5.41, 5.74) is 6.53. The topological polar surface area (TPSA) is 184 Å². The Labute approximate surface area is 354 Å². The van der Waals surface area contributed by atoms with Crippen molar-refractivity contribution in [2.45, 2.75) is 111 Å². The first-order valence-electron chi connectivity index (χ1n) is 21.4. The van der Waals surface area contributed by atoms with Gasteiger partial charge in [-0.15, -0.1) is 10.2 Å². The number of aromatic nitrogens is 6. The summed E-state index contributed by atoms with van der Waals surface area (Å²) in [6.45, 7) is 14.1. The first kappa shape index (κ1) is 40.8. The van der Waals surface area contributed by atoms with E-state index in [0.717, 1.165) is 94.8 Å². The van der Waals surface area contributed by atoms with Crippen LogP contribution in [0.1, 0.15) is 98.1 Å². The number of benzene rings is 1. The first-order chi connectivity index (χ1) is 28.7. The van der Waals surface area contributed by atoms with Crippen molar-refractivity contribution in [1.82, 2.24) is 35.3 Å². The van der Waals surface area contributed by atoms with Crippen molar-refractivity contribution in [1.29, 1.82) is 0 Å². The van der Waals surface area contributed by atoms with Crippen LogP contribution in [0.5, 0.6) is 0 Å². The van der Waals surface area contributed by atoms with E-state index in [1.54, 1.807) is 17.5 Å². The Bertz CT molecular complexity index is 2430. The summed E-state index contributed by atoms with van der Waals surface area (Å²) in [4.78, 5) is 24.5. The fourth-order valence-electron chi connectivity index (χ4n) is 12.3. The molecule has 4 bridgehead atoms. The van der Waals surface area contributed by atoms with Gasteiger partial charge in [-0.2, -0.15) is 5.10 Å². The molecule has 3 atom stereocenters. The van der Waals surface area contributed by atoms with Crippen molar-refractivity contribution in [3.8, 4) is 11.1 Å². The van der Waals surface area contributed by atoms with Gasteiger partial charge in [-0.1, -0.05) is 31.3 Å². The van der Waals surface area contributed by atoms with Crippen molar-refractivity contribution in [3.63, 3.8) is 0 Å². The smallest absolute Gasteiger partial charge is 0.355 e. The number of aromatic carboxylic acids is 1. The predicted octanol–water partition coefficient (Wildman–Crippen LogP) is 7.26. The quantitative estimate of drug-likeness (QED) is 0.0665. The van der Waals surface area contributed by atoms with Gasteiger partial charge >= 0.3 is 5.97 Å². The number of rotatable bonds is 15. The molecule has 318 valence electrons. The summed E-state index contributed by atoms with van der Waals surface area (Å²) < 4.78 is 10.0. The first-order valence-corrected chi connectivity index (χ1v) is 22.2. The number of ether oxygens (including phenoxy) is 1. The summed E-state index contributed by atoms with van der Waals surface area (Å²) in [6.07, 6.45) is 9.80. The van der Waals surface area contributed by atoms with E-state index < -0.39 is 12.1 Å². The molecule has 4 saturated carbocycles. The molecule has 0 spiro atoms. The standard InChI is InChI=1S/C45H57N9O5S/c1-27-8-10-35-34(17-27)48-41(60-35)50-38-28(2)31-7-6-15-53(39(31)52-51-38)36-11-9-32(37(49-36)40(57)58)33-18-47-54(29(33)3)26-44-21-42(4)20-43(5,22-44)24-45(23-42,25-44)59-16-14-46-13-12-30(56)19-55/h8-11,17-18,30,46,55-56H,6-7,12-16,19-26H2,1-5H3,(H,57,58)(H,48,50,51)/t30-,42?,43?,44?,45?/m1/s1. The third-order valence-corrected chi connectivity index (χ3v) is 14.5. The van der Waals surface area contributed by atoms with Crippen molar-refractivity contribution < 1.29 is 24.9 Å². The molecule has 0 radical (unpaired) electrons. The van der Waals surface area contributed by atoms with Gasteiger partial charge < -0.3 is 35.6 Å². The molecule has 4 aliphatic carbocycles. The molecule has 4 aromatic heterocycles. The number of fused-ring (bicyclic) bond motifs is 2. The van der Waals surface area contributed by atoms with E-state index in [9.17, 15) is 15.0 Å². The fraction of sp³-hybridized carbons (Fsp3) is 0.556. The molecule has 60 heavy (non-hydrogen) atoms. The lowest BCUT2D eigenvalue weighted by Crippen LogP contribution is -2.64. The second kappa shape index (κ2) is 15.4. The Balaban J connectivity index is 0.939. The van der Waals surface area contributed by atoms with Gasteiger partial charge in [-0.05, 0) is 131 Å². The van der Waals surface area contributed by atoms with Gasteiger partial charge in [-0.25, -0.2) is 14.8 Å². The lowest BCUT2D eigenvalue weighted by molar-refractivity contribution is -0.247. The third-order valence-electron chi connectivity index (χ3n) is 13.6. The largest absolute Gasteiger partial charge is 0.476 e. The number of anilines is 4. The molecule has 1 aromatic carbocycles. The molecule has 15 heteroatoms. The second-order valence-electron chi connectivity index (χ2n) is 19.1. The molecule has 2 unspecified atom stereocenters. The van der Waals surface area contributed by atoms with Gasteiger partial charge in [0, 0.05) is 47.6 Å². The summed E-state index contributed by atoms with van der Waals surface area (Å²) in [5, 5.41) is 51.1. The Morgan fingerprint density at radius 1 is 0.983 bits per heavy atom. The van der Waals surface area contributed by atoms with Gasteiger partial charge in [0.05, 0.1) is 41.3 Å². The molecule has 5 aromatic rings. The summed E-state index contributed by atoms with van der Waals surface area (Å²) in [5.74, 6) is 0.785. The molecule has 1 aliphatic heterocycles. The maximum absolute atomic E-state index is 13.0. The van der Waals surface area contributed by atoms with E-state index in [0.29, 0.717) is 55.7 Å². The lowest BCUT2D eigenvalue weighted by Gasteiger charge is -2.69. The normalized spacial score (nSPS) is 26.1. The SMILES string of the molecule is Cc1ccc2sc(Nc3nnc4c(c3C)CCCN4c3ccc(-c4cnn(CC56CC7(C)CC(C)(C5)CC(OCCNCC[C@@H](O)CO)(C7)C6)c4C)c(C(=O)O)n3)nc2c1. The number of hydrogen-bond donors (Lipinski definition) is 5. The molecule has 0 amide bonds. The molecule has 10 rings (SSSR count). The highest BCUT2D eigenvalue weighted by Crippen LogP contribution is 2.72. The number of nitrogens with zero attached hydrogens (tertiary/aromatic N) is 7. The van der Waals surface area contributed by atoms with E-state index in [1.807, 2.05) is 30.9 Å². The minimum absolute atomic E-state index is 0.00637. The highest BCUT2D eigenvalue weighted by molar-refractivity contribution is 7.22. The van der Waals surface area contributed by atoms with Crippen LogP contribution < -0.4 is 15.5 Å². The van der Waals surface area contributed by atoms with E-state index in [2.05, 4.69) is 64.5 Å². The maximum Gasteiger partial charge on any atom is 0.355 e. The average Bonchev–Trinajstić information content (AvgIpc) is 3.76. The predicted molar refractivity (Wildman–Crippen MR) is 233 cm³/mol. The number of aliphatic hydroxyl groups is 2. The van der Waals surface area contributed by atoms with E-state index in [1.165, 1.54) is 6.42 Å². The zero-order chi connectivity index (χ0) is 42.0. The number of carboxylic acids is 1. The number of aryl methyl sites for hydroxylation is 1. The molecule has 5 heterocycles. The van der Waals surface area contributed by atoms with Crippen LogP contribution in [0.3, 0.4) is 0 Å².